The molecule has 1 aliphatic heterocycles. The molecule has 2 heterocycles. The Labute approximate surface area is 143 Å². The minimum atomic E-state index is -0.313. The van der Waals surface area contributed by atoms with E-state index in [0.717, 1.165) is 38.3 Å². The summed E-state index contributed by atoms with van der Waals surface area (Å²) in [6.07, 6.45) is 2.27. The molecule has 1 unspecified atom stereocenters. The van der Waals surface area contributed by atoms with Crippen molar-refractivity contribution in [3.63, 3.8) is 0 Å². The fourth-order valence-electron chi connectivity index (χ4n) is 3.55. The summed E-state index contributed by atoms with van der Waals surface area (Å²) in [5.41, 5.74) is 2.31. The van der Waals surface area contributed by atoms with Gasteiger partial charge in [-0.05, 0) is 25.5 Å². The van der Waals surface area contributed by atoms with Crippen LogP contribution in [0.15, 0.2) is 30.5 Å². The van der Waals surface area contributed by atoms with E-state index in [0.29, 0.717) is 13.0 Å². The molecule has 0 aliphatic carbocycles. The van der Waals surface area contributed by atoms with Gasteiger partial charge in [-0.2, -0.15) is 0 Å². The maximum absolute atomic E-state index is 12.7. The Morgan fingerprint density at radius 1 is 1.21 bits per heavy atom. The number of benzene rings is 1. The third-order valence-corrected chi connectivity index (χ3v) is 4.80. The van der Waals surface area contributed by atoms with Crippen LogP contribution in [0.2, 0.25) is 0 Å². The molecular weight excluding hydrogens is 302 g/mol. The largest absolute Gasteiger partial charge is 0.392 e. The number of aliphatic hydroxyl groups is 1. The summed E-state index contributed by atoms with van der Waals surface area (Å²) < 4.78 is 2.21. The number of amides is 1. The second kappa shape index (κ2) is 7.36. The van der Waals surface area contributed by atoms with Crippen LogP contribution in [0, 0.1) is 0 Å². The zero-order valence-electron chi connectivity index (χ0n) is 14.6. The van der Waals surface area contributed by atoms with Gasteiger partial charge < -0.3 is 14.6 Å². The molecule has 0 saturated carbocycles. The SMILES string of the molecule is CCn1cc(CC(=O)N2CCN(CC(C)O)CC2)c2ccccc21. The Balaban J connectivity index is 1.66. The van der Waals surface area contributed by atoms with Crippen LogP contribution >= 0.6 is 0 Å². The van der Waals surface area contributed by atoms with Gasteiger partial charge in [0.15, 0.2) is 0 Å². The quantitative estimate of drug-likeness (QED) is 0.909. The van der Waals surface area contributed by atoms with Gasteiger partial charge in [-0.1, -0.05) is 18.2 Å². The first-order chi connectivity index (χ1) is 11.6. The molecule has 1 saturated heterocycles. The van der Waals surface area contributed by atoms with E-state index in [-0.39, 0.29) is 12.0 Å². The molecule has 3 rings (SSSR count). The molecule has 24 heavy (non-hydrogen) atoms. The minimum absolute atomic E-state index is 0.200. The van der Waals surface area contributed by atoms with Gasteiger partial charge in [0.2, 0.25) is 5.91 Å². The number of aromatic nitrogens is 1. The number of aryl methyl sites for hydroxylation is 1. The summed E-state index contributed by atoms with van der Waals surface area (Å²) in [5.74, 6) is 0.200. The first kappa shape index (κ1) is 17.0. The number of aliphatic hydroxyl groups excluding tert-OH is 1. The van der Waals surface area contributed by atoms with Crippen LogP contribution < -0.4 is 0 Å². The average Bonchev–Trinajstić information content (AvgIpc) is 2.93. The van der Waals surface area contributed by atoms with Crippen LogP contribution in [0.25, 0.3) is 10.9 Å². The number of nitrogens with zero attached hydrogens (tertiary/aromatic N) is 3. The monoisotopic (exact) mass is 329 g/mol. The van der Waals surface area contributed by atoms with Gasteiger partial charge in [-0.25, -0.2) is 0 Å². The standard InChI is InChI=1S/C19H27N3O2/c1-3-21-14-16(17-6-4-5-7-18(17)21)12-19(24)22-10-8-20(9-11-22)13-15(2)23/h4-7,14-15,23H,3,8-13H2,1-2H3. The van der Waals surface area contributed by atoms with E-state index in [1.807, 2.05) is 17.0 Å². The third-order valence-electron chi connectivity index (χ3n) is 4.80. The number of hydrogen-bond donors (Lipinski definition) is 1. The Morgan fingerprint density at radius 2 is 1.92 bits per heavy atom. The number of hydrogen-bond acceptors (Lipinski definition) is 3. The Hall–Kier alpha value is -1.85. The molecule has 2 aromatic rings. The van der Waals surface area contributed by atoms with Crippen LogP contribution in [-0.4, -0.2) is 64.2 Å². The molecule has 0 spiro atoms. The highest BCUT2D eigenvalue weighted by molar-refractivity contribution is 5.89. The van der Waals surface area contributed by atoms with Crippen LogP contribution in [0.4, 0.5) is 0 Å². The smallest absolute Gasteiger partial charge is 0.227 e. The van der Waals surface area contributed by atoms with Crippen LogP contribution in [0.3, 0.4) is 0 Å². The summed E-state index contributed by atoms with van der Waals surface area (Å²) in [6, 6.07) is 8.29. The van der Waals surface area contributed by atoms with E-state index in [1.54, 1.807) is 6.92 Å². The number of β-amino-alcohol motifs (C(OH)–C–C–N with tert-alkyl or cyclic N) is 1. The van der Waals surface area contributed by atoms with Gasteiger partial charge in [0.25, 0.3) is 0 Å². The Morgan fingerprint density at radius 3 is 2.58 bits per heavy atom. The average molecular weight is 329 g/mol. The first-order valence-corrected chi connectivity index (χ1v) is 8.83. The second-order valence-electron chi connectivity index (χ2n) is 6.66. The fraction of sp³-hybridized carbons (Fsp3) is 0.526. The van der Waals surface area contributed by atoms with Crippen molar-refractivity contribution < 1.29 is 9.90 Å². The highest BCUT2D eigenvalue weighted by Crippen LogP contribution is 2.22. The molecular formula is C19H27N3O2. The number of para-hydroxylation sites is 1. The van der Waals surface area contributed by atoms with Crippen LogP contribution in [0.1, 0.15) is 19.4 Å². The summed E-state index contributed by atoms with van der Waals surface area (Å²) in [7, 11) is 0. The van der Waals surface area contributed by atoms with E-state index < -0.39 is 0 Å². The van der Waals surface area contributed by atoms with Crippen molar-refractivity contribution in [2.45, 2.75) is 32.9 Å². The molecule has 1 amide bonds. The Bertz CT molecular complexity index is 700. The molecule has 1 fully saturated rings. The van der Waals surface area contributed by atoms with Crippen molar-refractivity contribution in [3.8, 4) is 0 Å². The molecule has 1 N–H and O–H groups in total. The predicted molar refractivity (Wildman–Crippen MR) is 96.0 cm³/mol. The van der Waals surface area contributed by atoms with Gasteiger partial charge >= 0.3 is 0 Å². The van der Waals surface area contributed by atoms with Crippen molar-refractivity contribution >= 4 is 16.8 Å². The summed E-state index contributed by atoms with van der Waals surface area (Å²) in [5, 5.41) is 10.7. The number of carbonyl (C=O) groups is 1. The molecule has 130 valence electrons. The lowest BCUT2D eigenvalue weighted by molar-refractivity contribution is -0.132. The summed E-state index contributed by atoms with van der Waals surface area (Å²) >= 11 is 0. The Kier molecular flexibility index (Phi) is 5.21. The van der Waals surface area contributed by atoms with Gasteiger partial charge in [0.1, 0.15) is 0 Å². The molecule has 5 nitrogen and oxygen atoms in total. The number of fused-ring (bicyclic) bond motifs is 1. The van der Waals surface area contributed by atoms with Gasteiger partial charge in [-0.3, -0.25) is 9.69 Å². The van der Waals surface area contributed by atoms with Gasteiger partial charge in [-0.15, -0.1) is 0 Å². The second-order valence-corrected chi connectivity index (χ2v) is 6.66. The predicted octanol–water partition coefficient (Wildman–Crippen LogP) is 1.73. The molecule has 1 aromatic carbocycles. The normalized spacial score (nSPS) is 17.4. The van der Waals surface area contributed by atoms with Gasteiger partial charge in [0, 0.05) is 56.4 Å². The molecule has 0 radical (unpaired) electrons. The number of piperazine rings is 1. The molecule has 1 aromatic heterocycles. The van der Waals surface area contributed by atoms with E-state index in [2.05, 4.69) is 34.7 Å². The number of rotatable bonds is 5. The van der Waals surface area contributed by atoms with E-state index in [4.69, 9.17) is 0 Å². The highest BCUT2D eigenvalue weighted by atomic mass is 16.3. The fourth-order valence-corrected chi connectivity index (χ4v) is 3.55. The van der Waals surface area contributed by atoms with E-state index in [9.17, 15) is 9.90 Å². The zero-order chi connectivity index (χ0) is 17.1. The lowest BCUT2D eigenvalue weighted by atomic mass is 10.1. The first-order valence-electron chi connectivity index (χ1n) is 8.83. The zero-order valence-corrected chi connectivity index (χ0v) is 14.6. The van der Waals surface area contributed by atoms with Crippen molar-refractivity contribution in [1.82, 2.24) is 14.4 Å². The van der Waals surface area contributed by atoms with Gasteiger partial charge in [0.05, 0.1) is 12.5 Å². The van der Waals surface area contributed by atoms with E-state index >= 15 is 0 Å². The lowest BCUT2D eigenvalue weighted by Gasteiger charge is -2.35. The summed E-state index contributed by atoms with van der Waals surface area (Å²) in [6.45, 7) is 8.70. The van der Waals surface area contributed by atoms with E-state index in [1.165, 1.54) is 10.9 Å². The topological polar surface area (TPSA) is 48.7 Å². The lowest BCUT2D eigenvalue weighted by Crippen LogP contribution is -2.50. The van der Waals surface area contributed by atoms with Crippen LogP contribution in [-0.2, 0) is 17.8 Å². The maximum atomic E-state index is 12.7. The van der Waals surface area contributed by atoms with Crippen molar-refractivity contribution in [1.29, 1.82) is 0 Å². The minimum Gasteiger partial charge on any atom is -0.392 e. The molecule has 1 aliphatic rings. The van der Waals surface area contributed by atoms with Crippen LogP contribution in [0.5, 0.6) is 0 Å². The van der Waals surface area contributed by atoms with Crippen molar-refractivity contribution in [3.05, 3.63) is 36.0 Å². The molecule has 5 heteroatoms. The third kappa shape index (κ3) is 3.62. The van der Waals surface area contributed by atoms with Crippen molar-refractivity contribution in [2.24, 2.45) is 0 Å². The maximum Gasteiger partial charge on any atom is 0.227 e. The summed E-state index contributed by atoms with van der Waals surface area (Å²) in [4.78, 5) is 16.9. The molecule has 0 bridgehead atoms. The van der Waals surface area contributed by atoms with Crippen molar-refractivity contribution in [2.75, 3.05) is 32.7 Å². The molecule has 1 atom stereocenters. The number of carbonyl (C=O) groups excluding carboxylic acids is 1. The highest BCUT2D eigenvalue weighted by Gasteiger charge is 2.22.